The molecule has 22 heavy (non-hydrogen) atoms. The number of amides is 1. The Balaban J connectivity index is 1.57. The number of hydrogen-bond acceptors (Lipinski definition) is 2. The van der Waals surface area contributed by atoms with E-state index < -0.39 is 0 Å². The van der Waals surface area contributed by atoms with Gasteiger partial charge in [0, 0.05) is 26.1 Å². The van der Waals surface area contributed by atoms with E-state index in [0.29, 0.717) is 24.2 Å². The minimum atomic E-state index is 0.321. The van der Waals surface area contributed by atoms with Gasteiger partial charge in [0.05, 0.1) is 17.4 Å². The van der Waals surface area contributed by atoms with Crippen LogP contribution in [0.3, 0.4) is 0 Å². The Labute approximate surface area is 132 Å². The van der Waals surface area contributed by atoms with Crippen LogP contribution in [0.25, 0.3) is 11.0 Å². The van der Waals surface area contributed by atoms with Crippen molar-refractivity contribution < 1.29 is 4.79 Å². The highest BCUT2D eigenvalue weighted by Crippen LogP contribution is 2.22. The molecule has 1 aromatic heterocycles. The van der Waals surface area contributed by atoms with Crippen LogP contribution < -0.4 is 0 Å². The summed E-state index contributed by atoms with van der Waals surface area (Å²) < 4.78 is 2.26. The van der Waals surface area contributed by atoms with Crippen LogP contribution in [0.15, 0.2) is 30.6 Å². The fraction of sp³-hybridized carbons (Fsp3) is 0.556. The minimum absolute atomic E-state index is 0.321. The molecule has 1 aliphatic heterocycles. The van der Waals surface area contributed by atoms with Crippen LogP contribution in [0.2, 0.25) is 0 Å². The molecule has 1 fully saturated rings. The zero-order chi connectivity index (χ0) is 15.5. The number of hydrogen-bond donors (Lipinski definition) is 0. The lowest BCUT2D eigenvalue weighted by molar-refractivity contribution is -0.133. The summed E-state index contributed by atoms with van der Waals surface area (Å²) in [4.78, 5) is 18.6. The quantitative estimate of drug-likeness (QED) is 0.868. The third kappa shape index (κ3) is 3.32. The molecule has 1 amide bonds. The van der Waals surface area contributed by atoms with Crippen molar-refractivity contribution in [1.29, 1.82) is 0 Å². The monoisotopic (exact) mass is 299 g/mol. The first kappa shape index (κ1) is 15.1. The van der Waals surface area contributed by atoms with Crippen molar-refractivity contribution in [1.82, 2.24) is 14.5 Å². The summed E-state index contributed by atoms with van der Waals surface area (Å²) >= 11 is 0. The van der Waals surface area contributed by atoms with Gasteiger partial charge in [-0.1, -0.05) is 26.0 Å². The smallest absolute Gasteiger partial charge is 0.222 e. The molecule has 1 saturated heterocycles. The fourth-order valence-corrected chi connectivity index (χ4v) is 3.28. The highest BCUT2D eigenvalue weighted by Gasteiger charge is 2.23. The standard InChI is InChI=1S/C18H25N3O/c1-14(2)11-18(22)20-9-7-15(8-10-20)12-21-13-19-16-5-3-4-6-17(16)21/h3-6,13-15H,7-12H2,1-2H3. The van der Waals surface area contributed by atoms with E-state index in [1.54, 1.807) is 0 Å². The number of aromatic nitrogens is 2. The van der Waals surface area contributed by atoms with E-state index in [2.05, 4.69) is 41.6 Å². The third-order valence-electron chi connectivity index (χ3n) is 4.53. The predicted octanol–water partition coefficient (Wildman–Crippen LogP) is 3.32. The van der Waals surface area contributed by atoms with Gasteiger partial charge in [0.15, 0.2) is 0 Å². The molecular formula is C18H25N3O. The van der Waals surface area contributed by atoms with E-state index in [-0.39, 0.29) is 0 Å². The van der Waals surface area contributed by atoms with Crippen LogP contribution in [0.5, 0.6) is 0 Å². The Kier molecular flexibility index (Phi) is 4.46. The van der Waals surface area contributed by atoms with Crippen molar-refractivity contribution in [2.75, 3.05) is 13.1 Å². The molecule has 3 rings (SSSR count). The summed E-state index contributed by atoms with van der Waals surface area (Å²) in [6.07, 6.45) is 4.81. The highest BCUT2D eigenvalue weighted by atomic mass is 16.2. The lowest BCUT2D eigenvalue weighted by Gasteiger charge is -2.32. The summed E-state index contributed by atoms with van der Waals surface area (Å²) in [6.45, 7) is 7.03. The van der Waals surface area contributed by atoms with Crippen LogP contribution in [0, 0.1) is 11.8 Å². The number of carbonyl (C=O) groups excluding carboxylic acids is 1. The van der Waals surface area contributed by atoms with Crippen molar-refractivity contribution >= 4 is 16.9 Å². The Bertz CT molecular complexity index is 639. The summed E-state index contributed by atoms with van der Waals surface area (Å²) in [7, 11) is 0. The number of carbonyl (C=O) groups is 1. The molecule has 0 spiro atoms. The third-order valence-corrected chi connectivity index (χ3v) is 4.53. The van der Waals surface area contributed by atoms with Crippen LogP contribution in [0.4, 0.5) is 0 Å². The Morgan fingerprint density at radius 3 is 2.73 bits per heavy atom. The molecule has 0 unspecified atom stereocenters. The van der Waals surface area contributed by atoms with Gasteiger partial charge in [0.2, 0.25) is 5.91 Å². The topological polar surface area (TPSA) is 38.1 Å². The van der Waals surface area contributed by atoms with E-state index in [0.717, 1.165) is 38.0 Å². The number of rotatable bonds is 4. The van der Waals surface area contributed by atoms with E-state index in [1.165, 1.54) is 5.52 Å². The number of nitrogens with zero attached hydrogens (tertiary/aromatic N) is 3. The van der Waals surface area contributed by atoms with E-state index in [9.17, 15) is 4.79 Å². The molecule has 1 aromatic carbocycles. The van der Waals surface area contributed by atoms with Gasteiger partial charge < -0.3 is 9.47 Å². The number of imidazole rings is 1. The average molecular weight is 299 g/mol. The summed E-state index contributed by atoms with van der Waals surface area (Å²) in [5.74, 6) is 1.41. The first-order valence-corrected chi connectivity index (χ1v) is 8.31. The molecule has 118 valence electrons. The van der Waals surface area contributed by atoms with E-state index in [4.69, 9.17) is 0 Å². The zero-order valence-electron chi connectivity index (χ0n) is 13.5. The van der Waals surface area contributed by atoms with Gasteiger partial charge in [-0.25, -0.2) is 4.98 Å². The Hall–Kier alpha value is -1.84. The molecule has 4 heteroatoms. The number of likely N-dealkylation sites (tertiary alicyclic amines) is 1. The lowest BCUT2D eigenvalue weighted by atomic mass is 9.96. The lowest BCUT2D eigenvalue weighted by Crippen LogP contribution is -2.39. The first-order chi connectivity index (χ1) is 10.6. The molecule has 0 radical (unpaired) electrons. The minimum Gasteiger partial charge on any atom is -0.343 e. The maximum Gasteiger partial charge on any atom is 0.222 e. The summed E-state index contributed by atoms with van der Waals surface area (Å²) in [5.41, 5.74) is 2.27. The number of piperidine rings is 1. The SMILES string of the molecule is CC(C)CC(=O)N1CCC(Cn2cnc3ccccc32)CC1. The van der Waals surface area contributed by atoms with Gasteiger partial charge in [-0.05, 0) is 36.8 Å². The number of fused-ring (bicyclic) bond motifs is 1. The van der Waals surface area contributed by atoms with Crippen LogP contribution in [0.1, 0.15) is 33.1 Å². The van der Waals surface area contributed by atoms with Crippen LogP contribution in [-0.2, 0) is 11.3 Å². The number of para-hydroxylation sites is 2. The second-order valence-corrected chi connectivity index (χ2v) is 6.81. The molecule has 0 aliphatic carbocycles. The Morgan fingerprint density at radius 1 is 1.27 bits per heavy atom. The van der Waals surface area contributed by atoms with Gasteiger partial charge >= 0.3 is 0 Å². The van der Waals surface area contributed by atoms with E-state index >= 15 is 0 Å². The maximum absolute atomic E-state index is 12.1. The highest BCUT2D eigenvalue weighted by molar-refractivity contribution is 5.76. The second-order valence-electron chi connectivity index (χ2n) is 6.81. The van der Waals surface area contributed by atoms with Crippen molar-refractivity contribution in [2.24, 2.45) is 11.8 Å². The van der Waals surface area contributed by atoms with Crippen molar-refractivity contribution in [2.45, 2.75) is 39.7 Å². The van der Waals surface area contributed by atoms with Crippen LogP contribution in [-0.4, -0.2) is 33.4 Å². The van der Waals surface area contributed by atoms with Crippen LogP contribution >= 0.6 is 0 Å². The molecular weight excluding hydrogens is 274 g/mol. The zero-order valence-corrected chi connectivity index (χ0v) is 13.5. The Morgan fingerprint density at radius 2 is 2.00 bits per heavy atom. The van der Waals surface area contributed by atoms with Crippen molar-refractivity contribution in [3.63, 3.8) is 0 Å². The molecule has 1 aliphatic rings. The first-order valence-electron chi connectivity index (χ1n) is 8.31. The second kappa shape index (κ2) is 6.51. The van der Waals surface area contributed by atoms with Gasteiger partial charge in [-0.3, -0.25) is 4.79 Å². The molecule has 4 nitrogen and oxygen atoms in total. The van der Waals surface area contributed by atoms with Gasteiger partial charge in [-0.15, -0.1) is 0 Å². The van der Waals surface area contributed by atoms with Gasteiger partial charge in [-0.2, -0.15) is 0 Å². The van der Waals surface area contributed by atoms with Gasteiger partial charge in [0.1, 0.15) is 0 Å². The predicted molar refractivity (Wildman–Crippen MR) is 88.5 cm³/mol. The molecule has 0 bridgehead atoms. The van der Waals surface area contributed by atoms with Crippen molar-refractivity contribution in [3.8, 4) is 0 Å². The molecule has 0 N–H and O–H groups in total. The number of benzene rings is 1. The average Bonchev–Trinajstić information content (AvgIpc) is 2.91. The molecule has 2 aromatic rings. The normalized spacial score (nSPS) is 16.6. The fourth-order valence-electron chi connectivity index (χ4n) is 3.28. The molecule has 0 saturated carbocycles. The van der Waals surface area contributed by atoms with Gasteiger partial charge in [0.25, 0.3) is 0 Å². The van der Waals surface area contributed by atoms with E-state index in [1.807, 2.05) is 17.3 Å². The van der Waals surface area contributed by atoms with Crippen molar-refractivity contribution in [3.05, 3.63) is 30.6 Å². The maximum atomic E-state index is 12.1. The molecule has 2 heterocycles. The largest absolute Gasteiger partial charge is 0.343 e. The summed E-state index contributed by atoms with van der Waals surface area (Å²) in [5, 5.41) is 0. The molecule has 0 atom stereocenters. The summed E-state index contributed by atoms with van der Waals surface area (Å²) in [6, 6.07) is 8.27.